The molecule has 0 aliphatic carbocycles. The molecule has 1 aromatic carbocycles. The average molecular weight is 307 g/mol. The van der Waals surface area contributed by atoms with Crippen molar-refractivity contribution in [1.82, 2.24) is 10.6 Å². The number of hydrogen-bond donors (Lipinski definition) is 2. The van der Waals surface area contributed by atoms with Crippen molar-refractivity contribution in [2.24, 2.45) is 4.99 Å². The van der Waals surface area contributed by atoms with Crippen LogP contribution in [0.2, 0.25) is 0 Å². The SMILES string of the molecule is C=CCSCCNC(=NC)NCCc1ccc(OC)cc1. The molecule has 0 aliphatic rings. The first kappa shape index (κ1) is 17.4. The van der Waals surface area contributed by atoms with Crippen LogP contribution in [0.4, 0.5) is 0 Å². The van der Waals surface area contributed by atoms with Gasteiger partial charge in [-0.15, -0.1) is 6.58 Å². The highest BCUT2D eigenvalue weighted by atomic mass is 32.2. The van der Waals surface area contributed by atoms with E-state index in [4.69, 9.17) is 4.74 Å². The number of thioether (sulfide) groups is 1. The Balaban J connectivity index is 2.20. The van der Waals surface area contributed by atoms with Gasteiger partial charge in [0.25, 0.3) is 0 Å². The first-order chi connectivity index (χ1) is 10.3. The number of rotatable bonds is 9. The molecule has 0 fully saturated rings. The predicted molar refractivity (Wildman–Crippen MR) is 93.6 cm³/mol. The average Bonchev–Trinajstić information content (AvgIpc) is 2.53. The van der Waals surface area contributed by atoms with Crippen LogP contribution in [0.25, 0.3) is 0 Å². The van der Waals surface area contributed by atoms with Gasteiger partial charge in [0.05, 0.1) is 7.11 Å². The Morgan fingerprint density at radius 1 is 1.29 bits per heavy atom. The number of hydrogen-bond acceptors (Lipinski definition) is 3. The zero-order chi connectivity index (χ0) is 15.3. The summed E-state index contributed by atoms with van der Waals surface area (Å²) in [6, 6.07) is 8.14. The molecule has 0 radical (unpaired) electrons. The highest BCUT2D eigenvalue weighted by Gasteiger charge is 1.98. The highest BCUT2D eigenvalue weighted by Crippen LogP contribution is 2.11. The Morgan fingerprint density at radius 2 is 2.00 bits per heavy atom. The van der Waals surface area contributed by atoms with Gasteiger partial charge in [0.2, 0.25) is 0 Å². The first-order valence-electron chi connectivity index (χ1n) is 7.06. The van der Waals surface area contributed by atoms with Crippen LogP contribution in [0.1, 0.15) is 5.56 Å². The summed E-state index contributed by atoms with van der Waals surface area (Å²) in [4.78, 5) is 4.21. The Hall–Kier alpha value is -1.62. The Morgan fingerprint density at radius 3 is 2.62 bits per heavy atom. The minimum Gasteiger partial charge on any atom is -0.497 e. The van der Waals surface area contributed by atoms with Gasteiger partial charge in [0, 0.05) is 31.6 Å². The van der Waals surface area contributed by atoms with Gasteiger partial charge in [-0.25, -0.2) is 0 Å². The van der Waals surface area contributed by atoms with Gasteiger partial charge in [0.15, 0.2) is 5.96 Å². The smallest absolute Gasteiger partial charge is 0.191 e. The maximum Gasteiger partial charge on any atom is 0.191 e. The summed E-state index contributed by atoms with van der Waals surface area (Å²) in [5, 5.41) is 6.61. The molecule has 0 bridgehead atoms. The number of nitrogens with one attached hydrogen (secondary N) is 2. The number of nitrogens with zero attached hydrogens (tertiary/aromatic N) is 1. The van der Waals surface area contributed by atoms with E-state index < -0.39 is 0 Å². The lowest BCUT2D eigenvalue weighted by atomic mass is 10.1. The lowest BCUT2D eigenvalue weighted by Crippen LogP contribution is -2.39. The Bertz CT molecular complexity index is 432. The molecule has 0 atom stereocenters. The third-order valence-electron chi connectivity index (χ3n) is 2.86. The van der Waals surface area contributed by atoms with E-state index in [1.165, 1.54) is 5.56 Å². The molecular weight excluding hydrogens is 282 g/mol. The topological polar surface area (TPSA) is 45.7 Å². The minimum absolute atomic E-state index is 0.850. The molecule has 21 heavy (non-hydrogen) atoms. The van der Waals surface area contributed by atoms with E-state index in [0.29, 0.717) is 0 Å². The van der Waals surface area contributed by atoms with Crippen LogP contribution in [0, 0.1) is 0 Å². The van der Waals surface area contributed by atoms with Crippen molar-refractivity contribution in [2.75, 3.05) is 38.8 Å². The summed E-state index contributed by atoms with van der Waals surface area (Å²) >= 11 is 1.85. The maximum absolute atomic E-state index is 5.15. The number of ether oxygens (including phenoxy) is 1. The lowest BCUT2D eigenvalue weighted by molar-refractivity contribution is 0.414. The summed E-state index contributed by atoms with van der Waals surface area (Å²) in [6.45, 7) is 5.46. The van der Waals surface area contributed by atoms with Crippen molar-refractivity contribution >= 4 is 17.7 Å². The Kier molecular flexibility index (Phi) is 9.20. The van der Waals surface area contributed by atoms with Crippen molar-refractivity contribution in [3.63, 3.8) is 0 Å². The molecule has 0 unspecified atom stereocenters. The van der Waals surface area contributed by atoms with Gasteiger partial charge in [-0.05, 0) is 24.1 Å². The monoisotopic (exact) mass is 307 g/mol. The highest BCUT2D eigenvalue weighted by molar-refractivity contribution is 7.99. The second-order valence-corrected chi connectivity index (χ2v) is 5.54. The predicted octanol–water partition coefficient (Wildman–Crippen LogP) is 2.32. The molecule has 0 saturated carbocycles. The molecule has 116 valence electrons. The fourth-order valence-corrected chi connectivity index (χ4v) is 2.33. The number of methoxy groups -OCH3 is 1. The van der Waals surface area contributed by atoms with E-state index in [2.05, 4.69) is 34.3 Å². The minimum atomic E-state index is 0.850. The third-order valence-corrected chi connectivity index (χ3v) is 3.83. The van der Waals surface area contributed by atoms with Crippen LogP contribution in [0.15, 0.2) is 41.9 Å². The molecule has 1 aromatic rings. The molecule has 0 amide bonds. The Labute approximate surface area is 132 Å². The van der Waals surface area contributed by atoms with E-state index in [1.807, 2.05) is 30.0 Å². The normalized spacial score (nSPS) is 11.0. The van der Waals surface area contributed by atoms with Crippen LogP contribution >= 0.6 is 11.8 Å². The number of benzene rings is 1. The zero-order valence-corrected chi connectivity index (χ0v) is 13.7. The zero-order valence-electron chi connectivity index (χ0n) is 12.9. The summed E-state index contributed by atoms with van der Waals surface area (Å²) in [5.74, 6) is 3.78. The molecule has 5 heteroatoms. The van der Waals surface area contributed by atoms with Crippen LogP contribution in [-0.4, -0.2) is 44.7 Å². The third kappa shape index (κ3) is 7.66. The molecule has 0 saturated heterocycles. The quantitative estimate of drug-likeness (QED) is 0.318. The standard InChI is InChI=1S/C16H25N3OS/c1-4-12-21-13-11-19-16(17-2)18-10-9-14-5-7-15(20-3)8-6-14/h4-8H,1,9-13H2,2-3H3,(H2,17,18,19). The molecular formula is C16H25N3OS. The fraction of sp³-hybridized carbons (Fsp3) is 0.438. The largest absolute Gasteiger partial charge is 0.497 e. The van der Waals surface area contributed by atoms with Crippen molar-refractivity contribution < 1.29 is 4.74 Å². The molecule has 0 spiro atoms. The van der Waals surface area contributed by atoms with E-state index in [0.717, 1.165) is 42.7 Å². The van der Waals surface area contributed by atoms with Gasteiger partial charge in [-0.1, -0.05) is 18.2 Å². The van der Waals surface area contributed by atoms with Gasteiger partial charge in [-0.2, -0.15) is 11.8 Å². The van der Waals surface area contributed by atoms with Crippen molar-refractivity contribution in [3.8, 4) is 5.75 Å². The van der Waals surface area contributed by atoms with Crippen LogP contribution in [0.3, 0.4) is 0 Å². The first-order valence-corrected chi connectivity index (χ1v) is 8.21. The van der Waals surface area contributed by atoms with Gasteiger partial charge in [-0.3, -0.25) is 4.99 Å². The summed E-state index contributed by atoms with van der Waals surface area (Å²) < 4.78 is 5.15. The lowest BCUT2D eigenvalue weighted by Gasteiger charge is -2.11. The maximum atomic E-state index is 5.15. The van der Waals surface area contributed by atoms with Gasteiger partial charge < -0.3 is 15.4 Å². The number of aliphatic imine (C=N–C) groups is 1. The molecule has 2 N–H and O–H groups in total. The van der Waals surface area contributed by atoms with Crippen molar-refractivity contribution in [1.29, 1.82) is 0 Å². The van der Waals surface area contributed by atoms with Crippen LogP contribution in [-0.2, 0) is 6.42 Å². The molecule has 0 heterocycles. The van der Waals surface area contributed by atoms with Crippen molar-refractivity contribution in [2.45, 2.75) is 6.42 Å². The van der Waals surface area contributed by atoms with E-state index in [-0.39, 0.29) is 0 Å². The van der Waals surface area contributed by atoms with Crippen molar-refractivity contribution in [3.05, 3.63) is 42.5 Å². The van der Waals surface area contributed by atoms with Crippen LogP contribution in [0.5, 0.6) is 5.75 Å². The second-order valence-electron chi connectivity index (χ2n) is 4.39. The molecule has 0 aliphatic heterocycles. The molecule has 1 rings (SSSR count). The second kappa shape index (κ2) is 11.1. The number of guanidine groups is 1. The fourth-order valence-electron chi connectivity index (χ4n) is 1.75. The molecule has 4 nitrogen and oxygen atoms in total. The van der Waals surface area contributed by atoms with E-state index >= 15 is 0 Å². The van der Waals surface area contributed by atoms with E-state index in [9.17, 15) is 0 Å². The molecule has 0 aromatic heterocycles. The van der Waals surface area contributed by atoms with Gasteiger partial charge >= 0.3 is 0 Å². The van der Waals surface area contributed by atoms with Crippen LogP contribution < -0.4 is 15.4 Å². The summed E-state index contributed by atoms with van der Waals surface area (Å²) in [5.41, 5.74) is 1.28. The summed E-state index contributed by atoms with van der Waals surface area (Å²) in [6.07, 6.45) is 2.88. The van der Waals surface area contributed by atoms with Gasteiger partial charge in [0.1, 0.15) is 5.75 Å². The summed E-state index contributed by atoms with van der Waals surface area (Å²) in [7, 11) is 3.47. The van der Waals surface area contributed by atoms with E-state index in [1.54, 1.807) is 14.2 Å².